The number of carbonyl (C=O) groups is 2. The lowest BCUT2D eigenvalue weighted by molar-refractivity contribution is -0.121. The molecule has 2 aromatic carbocycles. The summed E-state index contributed by atoms with van der Waals surface area (Å²) in [7, 11) is -3.51. The number of primary amides is 1. The van der Waals surface area contributed by atoms with Gasteiger partial charge in [-0.15, -0.1) is 0 Å². The Hall–Kier alpha value is -3.40. The van der Waals surface area contributed by atoms with Crippen molar-refractivity contribution in [2.75, 3.05) is 11.9 Å². The molecule has 5 N–H and O–H groups in total. The van der Waals surface area contributed by atoms with Crippen LogP contribution in [0.4, 0.5) is 10.5 Å². The number of nitrogens with zero attached hydrogens (tertiary/aromatic N) is 1. The van der Waals surface area contributed by atoms with Gasteiger partial charge in [-0.2, -0.15) is 0 Å². The molecule has 10 heteroatoms. The molecule has 1 unspecified atom stereocenters. The zero-order valence-electron chi connectivity index (χ0n) is 17.8. The van der Waals surface area contributed by atoms with Crippen LogP contribution in [0.3, 0.4) is 0 Å². The molecule has 1 atom stereocenters. The van der Waals surface area contributed by atoms with Crippen LogP contribution in [0, 0.1) is 0 Å². The number of carbonyl (C=O) groups excluding carboxylic acids is 2. The molecule has 1 aliphatic rings. The number of urea groups is 1. The monoisotopic (exact) mass is 457 g/mol. The summed E-state index contributed by atoms with van der Waals surface area (Å²) in [4.78, 5) is 27.7. The highest BCUT2D eigenvalue weighted by molar-refractivity contribution is 7.90. The van der Waals surface area contributed by atoms with Crippen LogP contribution >= 0.6 is 0 Å². The van der Waals surface area contributed by atoms with Crippen LogP contribution in [-0.4, -0.2) is 32.7 Å². The second-order valence-electron chi connectivity index (χ2n) is 7.54. The molecular weight excluding hydrogens is 430 g/mol. The molecule has 0 aliphatic carbocycles. The van der Waals surface area contributed by atoms with E-state index >= 15 is 0 Å². The lowest BCUT2D eigenvalue weighted by atomic mass is 10.1. The molecule has 170 valence electrons. The fraction of sp³-hybridized carbons (Fsp3) is 0.318. The van der Waals surface area contributed by atoms with Gasteiger partial charge in [-0.3, -0.25) is 14.5 Å². The SMILES string of the molecule is CC(NC(=O)CCCCCN=C1NS(=O)(=O)c2ccccc21)c1ccc(NC(N)=O)cc1. The molecule has 32 heavy (non-hydrogen) atoms. The van der Waals surface area contributed by atoms with E-state index in [-0.39, 0.29) is 16.8 Å². The first-order valence-corrected chi connectivity index (χ1v) is 11.9. The predicted molar refractivity (Wildman–Crippen MR) is 123 cm³/mol. The number of nitrogens with two attached hydrogens (primary N) is 1. The van der Waals surface area contributed by atoms with Crippen LogP contribution in [0.15, 0.2) is 58.4 Å². The van der Waals surface area contributed by atoms with Crippen molar-refractivity contribution < 1.29 is 18.0 Å². The van der Waals surface area contributed by atoms with E-state index in [9.17, 15) is 18.0 Å². The van der Waals surface area contributed by atoms with Gasteiger partial charge in [0.15, 0.2) is 0 Å². The number of unbranched alkanes of at least 4 members (excludes halogenated alkanes) is 2. The molecule has 1 heterocycles. The molecule has 9 nitrogen and oxygen atoms in total. The Morgan fingerprint density at radius 1 is 1.06 bits per heavy atom. The van der Waals surface area contributed by atoms with Crippen molar-refractivity contribution in [3.8, 4) is 0 Å². The van der Waals surface area contributed by atoms with Gasteiger partial charge < -0.3 is 16.4 Å². The summed E-state index contributed by atoms with van der Waals surface area (Å²) in [5.74, 6) is 0.338. The zero-order valence-corrected chi connectivity index (χ0v) is 18.6. The Morgan fingerprint density at radius 2 is 1.78 bits per heavy atom. The lowest BCUT2D eigenvalue weighted by Gasteiger charge is -2.15. The highest BCUT2D eigenvalue weighted by atomic mass is 32.2. The van der Waals surface area contributed by atoms with Gasteiger partial charge in [0.05, 0.1) is 10.9 Å². The van der Waals surface area contributed by atoms with Gasteiger partial charge in [0, 0.05) is 24.2 Å². The minimum atomic E-state index is -3.51. The molecule has 3 rings (SSSR count). The van der Waals surface area contributed by atoms with Gasteiger partial charge in [0.1, 0.15) is 5.84 Å². The summed E-state index contributed by atoms with van der Waals surface area (Å²) < 4.78 is 26.6. The average molecular weight is 458 g/mol. The maximum Gasteiger partial charge on any atom is 0.316 e. The first-order valence-electron chi connectivity index (χ1n) is 10.4. The van der Waals surface area contributed by atoms with E-state index in [1.54, 1.807) is 36.4 Å². The smallest absolute Gasteiger partial charge is 0.316 e. The molecule has 2 aromatic rings. The van der Waals surface area contributed by atoms with Crippen molar-refractivity contribution in [3.63, 3.8) is 0 Å². The van der Waals surface area contributed by atoms with Gasteiger partial charge in [-0.25, -0.2) is 13.2 Å². The number of amidine groups is 1. The van der Waals surface area contributed by atoms with Crippen LogP contribution in [0.25, 0.3) is 0 Å². The van der Waals surface area contributed by atoms with E-state index in [1.807, 2.05) is 19.1 Å². The van der Waals surface area contributed by atoms with Crippen molar-refractivity contribution >= 4 is 33.5 Å². The summed E-state index contributed by atoms with van der Waals surface area (Å²) >= 11 is 0. The van der Waals surface area contributed by atoms with Crippen LogP contribution in [-0.2, 0) is 14.8 Å². The Balaban J connectivity index is 1.38. The third-order valence-electron chi connectivity index (χ3n) is 5.05. The number of anilines is 1. The number of amides is 3. The molecule has 3 amide bonds. The zero-order chi connectivity index (χ0) is 23.1. The van der Waals surface area contributed by atoms with Gasteiger partial charge in [-0.1, -0.05) is 30.7 Å². The number of nitrogens with one attached hydrogen (secondary N) is 3. The Morgan fingerprint density at radius 3 is 2.50 bits per heavy atom. The summed E-state index contributed by atoms with van der Waals surface area (Å²) in [6.45, 7) is 2.38. The van der Waals surface area contributed by atoms with Gasteiger partial charge in [0.2, 0.25) is 5.91 Å². The summed E-state index contributed by atoms with van der Waals surface area (Å²) in [6, 6.07) is 13.1. The van der Waals surface area contributed by atoms with Crippen LogP contribution in [0.5, 0.6) is 0 Å². The van der Waals surface area contributed by atoms with Gasteiger partial charge >= 0.3 is 6.03 Å². The Bertz CT molecular complexity index is 1110. The van der Waals surface area contributed by atoms with Crippen molar-refractivity contribution in [1.29, 1.82) is 0 Å². The molecule has 0 saturated heterocycles. The summed E-state index contributed by atoms with van der Waals surface area (Å²) in [5, 5.41) is 5.45. The normalized spacial score (nSPS) is 16.1. The van der Waals surface area contributed by atoms with E-state index < -0.39 is 16.1 Å². The fourth-order valence-electron chi connectivity index (χ4n) is 3.41. The number of sulfonamides is 1. The molecule has 0 fully saturated rings. The fourth-order valence-corrected chi connectivity index (χ4v) is 4.66. The largest absolute Gasteiger partial charge is 0.351 e. The van der Waals surface area contributed by atoms with E-state index in [0.717, 1.165) is 18.4 Å². The van der Waals surface area contributed by atoms with Crippen LogP contribution < -0.4 is 21.1 Å². The number of hydrogen-bond donors (Lipinski definition) is 4. The number of aliphatic imine (C=N–C) groups is 1. The highest BCUT2D eigenvalue weighted by Crippen LogP contribution is 2.22. The van der Waals surface area contributed by atoms with Gasteiger partial charge in [-0.05, 0) is 49.6 Å². The highest BCUT2D eigenvalue weighted by Gasteiger charge is 2.29. The topological polar surface area (TPSA) is 143 Å². The molecule has 0 spiro atoms. The van der Waals surface area contributed by atoms with Crippen molar-refractivity contribution in [1.82, 2.24) is 10.0 Å². The summed E-state index contributed by atoms with van der Waals surface area (Å²) in [5.41, 5.74) is 7.20. The second kappa shape index (κ2) is 10.3. The molecule has 1 aliphatic heterocycles. The predicted octanol–water partition coefficient (Wildman–Crippen LogP) is 2.65. The number of fused-ring (bicyclic) bond motifs is 1. The quantitative estimate of drug-likeness (QED) is 0.429. The standard InChI is InChI=1S/C22H27N5O4S/c1-15(16-10-12-17(13-11-16)26-22(23)29)25-20(28)9-3-2-6-14-24-21-18-7-4-5-8-19(18)32(30,31)27-21/h4-5,7-8,10-13,15H,2-3,6,9,14H2,1H3,(H,24,27)(H,25,28)(H3,23,26,29). The number of benzene rings is 2. The van der Waals surface area contributed by atoms with Gasteiger partial charge in [0.25, 0.3) is 10.0 Å². The van der Waals surface area contributed by atoms with E-state index in [2.05, 4.69) is 20.3 Å². The first-order chi connectivity index (χ1) is 15.3. The van der Waals surface area contributed by atoms with Crippen molar-refractivity contribution in [3.05, 3.63) is 59.7 Å². The molecule has 0 radical (unpaired) electrons. The third kappa shape index (κ3) is 6.07. The Labute approximate surface area is 187 Å². The lowest BCUT2D eigenvalue weighted by Crippen LogP contribution is -2.26. The van der Waals surface area contributed by atoms with Crippen molar-refractivity contribution in [2.45, 2.75) is 43.5 Å². The molecule has 0 bridgehead atoms. The number of hydrogen-bond acceptors (Lipinski definition) is 5. The average Bonchev–Trinajstić information content (AvgIpc) is 3.01. The van der Waals surface area contributed by atoms with Crippen LogP contribution in [0.1, 0.15) is 49.8 Å². The third-order valence-corrected chi connectivity index (χ3v) is 6.45. The molecule has 0 aromatic heterocycles. The van der Waals surface area contributed by atoms with Crippen molar-refractivity contribution in [2.24, 2.45) is 10.7 Å². The van der Waals surface area contributed by atoms with E-state index in [1.165, 1.54) is 0 Å². The molecule has 0 saturated carbocycles. The minimum absolute atomic E-state index is 0.0411. The second-order valence-corrected chi connectivity index (χ2v) is 9.19. The molecular formula is C22H27N5O4S. The first kappa shape index (κ1) is 23.3. The summed E-state index contributed by atoms with van der Waals surface area (Å²) in [6.07, 6.45) is 2.68. The maximum atomic E-state index is 12.2. The van der Waals surface area contributed by atoms with Crippen LogP contribution in [0.2, 0.25) is 0 Å². The van der Waals surface area contributed by atoms with E-state index in [0.29, 0.717) is 36.5 Å². The van der Waals surface area contributed by atoms with E-state index in [4.69, 9.17) is 5.73 Å². The number of rotatable bonds is 9. The maximum absolute atomic E-state index is 12.2. The minimum Gasteiger partial charge on any atom is -0.351 e. The Kier molecular flexibility index (Phi) is 7.47.